The van der Waals surface area contributed by atoms with E-state index in [1.807, 2.05) is 85.1 Å². The van der Waals surface area contributed by atoms with Gasteiger partial charge in [0, 0.05) is 31.2 Å². The molecule has 214 valence electrons. The molecule has 1 amide bonds. The predicted octanol–water partition coefficient (Wildman–Crippen LogP) is 5.79. The Bertz CT molecular complexity index is 1760. The van der Waals surface area contributed by atoms with E-state index in [0.29, 0.717) is 11.3 Å². The lowest BCUT2D eigenvalue weighted by molar-refractivity contribution is 0.00798. The maximum Gasteiger partial charge on any atom is 0.248 e. The summed E-state index contributed by atoms with van der Waals surface area (Å²) in [7, 11) is 0. The van der Waals surface area contributed by atoms with Crippen molar-refractivity contribution in [2.24, 2.45) is 5.73 Å². The Labute approximate surface area is 250 Å². The Balaban J connectivity index is 1.47. The van der Waals surface area contributed by atoms with Crippen molar-refractivity contribution in [3.63, 3.8) is 0 Å². The third-order valence-corrected chi connectivity index (χ3v) is 8.23. The molecule has 0 unspecified atom stereocenters. The maximum atomic E-state index is 12.1. The average molecular weight is 568 g/mol. The molecule has 0 bridgehead atoms. The molecule has 0 aliphatic carbocycles. The normalized spacial score (nSPS) is 13.1. The van der Waals surface area contributed by atoms with E-state index in [1.54, 1.807) is 18.5 Å². The van der Waals surface area contributed by atoms with Gasteiger partial charge in [-0.15, -0.1) is 0 Å². The van der Waals surface area contributed by atoms with Gasteiger partial charge in [0.25, 0.3) is 0 Å². The number of imidazole rings is 1. The third kappa shape index (κ3) is 5.23. The second-order valence-corrected chi connectivity index (χ2v) is 10.9. The number of aromatic nitrogens is 2. The van der Waals surface area contributed by atoms with Crippen molar-refractivity contribution in [2.45, 2.75) is 24.0 Å². The number of fused-ring (bicyclic) bond motifs is 1. The highest BCUT2D eigenvalue weighted by Gasteiger charge is 2.40. The first-order valence-corrected chi connectivity index (χ1v) is 14.3. The molecule has 0 saturated carbocycles. The van der Waals surface area contributed by atoms with Gasteiger partial charge < -0.3 is 20.5 Å². The highest BCUT2D eigenvalue weighted by molar-refractivity contribution is 5.97. The fourth-order valence-electron chi connectivity index (χ4n) is 6.12. The summed E-state index contributed by atoms with van der Waals surface area (Å²) in [6.07, 6.45) is 4.03. The van der Waals surface area contributed by atoms with Crippen LogP contribution in [0.25, 0.3) is 10.8 Å². The smallest absolute Gasteiger partial charge is 0.248 e. The quantitative estimate of drug-likeness (QED) is 0.183. The molecule has 6 aromatic rings. The molecule has 0 spiro atoms. The summed E-state index contributed by atoms with van der Waals surface area (Å²) in [5.74, 6) is -0.475. The Morgan fingerprint density at radius 2 is 1.28 bits per heavy atom. The summed E-state index contributed by atoms with van der Waals surface area (Å²) in [5, 5.41) is 24.0. The van der Waals surface area contributed by atoms with Crippen LogP contribution in [0.15, 0.2) is 140 Å². The number of benzene rings is 5. The molecule has 6 heteroatoms. The molecule has 0 radical (unpaired) electrons. The molecule has 5 aromatic carbocycles. The third-order valence-electron chi connectivity index (χ3n) is 8.23. The maximum absolute atomic E-state index is 12.1. The molecule has 4 N–H and O–H groups in total. The van der Waals surface area contributed by atoms with Crippen molar-refractivity contribution >= 4 is 16.7 Å². The van der Waals surface area contributed by atoms with E-state index in [1.165, 1.54) is 0 Å². The van der Waals surface area contributed by atoms with Crippen molar-refractivity contribution in [3.8, 4) is 0 Å². The number of aliphatic hydroxyl groups is 2. The van der Waals surface area contributed by atoms with Crippen LogP contribution in [0, 0.1) is 0 Å². The predicted molar refractivity (Wildman–Crippen MR) is 169 cm³/mol. The standard InChI is InChI=1S/C37H33N3O3/c38-35(42)30-19-18-28-22-27(16-17-29(28)23-30)24-36(43,20-21-41)34-25-40(26-39-34)37(31-10-4-1-5-11-31,32-12-6-2-7-13-32)33-14-8-3-9-15-33/h1-19,22-23,25-26,41,43H,20-21,24H2,(H2,38,42)/t36-/m1/s1. The molecule has 0 aliphatic heterocycles. The van der Waals surface area contributed by atoms with Crippen LogP contribution in [0.5, 0.6) is 0 Å². The van der Waals surface area contributed by atoms with E-state index in [0.717, 1.165) is 33.0 Å². The van der Waals surface area contributed by atoms with Crippen molar-refractivity contribution in [1.29, 1.82) is 0 Å². The molecular weight excluding hydrogens is 534 g/mol. The van der Waals surface area contributed by atoms with Crippen molar-refractivity contribution in [3.05, 3.63) is 173 Å². The van der Waals surface area contributed by atoms with Gasteiger partial charge in [0.2, 0.25) is 5.91 Å². The number of carbonyl (C=O) groups is 1. The minimum Gasteiger partial charge on any atom is -0.396 e. The number of hydrogen-bond donors (Lipinski definition) is 3. The number of nitrogens with two attached hydrogens (primary N) is 1. The summed E-state index contributed by atoms with van der Waals surface area (Å²) < 4.78 is 2.07. The van der Waals surface area contributed by atoms with Crippen LogP contribution in [0.3, 0.4) is 0 Å². The van der Waals surface area contributed by atoms with E-state index >= 15 is 0 Å². The van der Waals surface area contributed by atoms with Crippen LogP contribution >= 0.6 is 0 Å². The van der Waals surface area contributed by atoms with Gasteiger partial charge in [0.1, 0.15) is 11.1 Å². The van der Waals surface area contributed by atoms with Crippen molar-refractivity contribution in [1.82, 2.24) is 9.55 Å². The monoisotopic (exact) mass is 567 g/mol. The lowest BCUT2D eigenvalue weighted by Crippen LogP contribution is -2.37. The molecule has 1 aromatic heterocycles. The van der Waals surface area contributed by atoms with Crippen LogP contribution in [-0.2, 0) is 17.6 Å². The van der Waals surface area contributed by atoms with Crippen LogP contribution in [0.2, 0.25) is 0 Å². The van der Waals surface area contributed by atoms with E-state index < -0.39 is 17.0 Å². The summed E-state index contributed by atoms with van der Waals surface area (Å²) in [6.45, 7) is -0.208. The molecule has 43 heavy (non-hydrogen) atoms. The Morgan fingerprint density at radius 3 is 1.81 bits per heavy atom. The van der Waals surface area contributed by atoms with Crippen LogP contribution < -0.4 is 5.73 Å². The van der Waals surface area contributed by atoms with E-state index in [-0.39, 0.29) is 19.4 Å². The first-order chi connectivity index (χ1) is 20.9. The minimum atomic E-state index is -1.43. The number of carbonyl (C=O) groups excluding carboxylic acids is 1. The number of aliphatic hydroxyl groups excluding tert-OH is 1. The Kier molecular flexibility index (Phi) is 7.63. The van der Waals surface area contributed by atoms with E-state index in [2.05, 4.69) is 41.0 Å². The number of nitrogens with zero attached hydrogens (tertiary/aromatic N) is 2. The summed E-state index contributed by atoms with van der Waals surface area (Å²) in [5.41, 5.74) is 8.19. The topological polar surface area (TPSA) is 101 Å². The summed E-state index contributed by atoms with van der Waals surface area (Å²) in [6, 6.07) is 42.0. The minimum absolute atomic E-state index is 0.109. The molecule has 6 rings (SSSR count). The molecule has 1 atom stereocenters. The van der Waals surface area contributed by atoms with Crippen molar-refractivity contribution < 1.29 is 15.0 Å². The van der Waals surface area contributed by atoms with Gasteiger partial charge in [-0.05, 0) is 45.2 Å². The van der Waals surface area contributed by atoms with E-state index in [4.69, 9.17) is 10.7 Å². The highest BCUT2D eigenvalue weighted by atomic mass is 16.3. The fourth-order valence-corrected chi connectivity index (χ4v) is 6.12. The van der Waals surface area contributed by atoms with Gasteiger partial charge in [0.15, 0.2) is 0 Å². The number of primary amides is 1. The fraction of sp³-hybridized carbons (Fsp3) is 0.135. The second-order valence-electron chi connectivity index (χ2n) is 10.9. The van der Waals surface area contributed by atoms with Gasteiger partial charge in [-0.2, -0.15) is 0 Å². The van der Waals surface area contributed by atoms with Gasteiger partial charge in [-0.25, -0.2) is 4.98 Å². The van der Waals surface area contributed by atoms with Gasteiger partial charge in [-0.1, -0.05) is 115 Å². The lowest BCUT2D eigenvalue weighted by Gasteiger charge is -2.37. The lowest BCUT2D eigenvalue weighted by atomic mass is 9.76. The van der Waals surface area contributed by atoms with E-state index in [9.17, 15) is 15.0 Å². The number of amides is 1. The average Bonchev–Trinajstić information content (AvgIpc) is 3.54. The number of hydrogen-bond acceptors (Lipinski definition) is 4. The highest BCUT2D eigenvalue weighted by Crippen LogP contribution is 2.42. The molecule has 1 heterocycles. The zero-order valence-corrected chi connectivity index (χ0v) is 23.7. The first-order valence-electron chi connectivity index (χ1n) is 14.3. The van der Waals surface area contributed by atoms with Crippen molar-refractivity contribution in [2.75, 3.05) is 6.61 Å². The second kappa shape index (κ2) is 11.7. The van der Waals surface area contributed by atoms with Crippen LogP contribution in [0.1, 0.15) is 44.7 Å². The van der Waals surface area contributed by atoms with Gasteiger partial charge >= 0.3 is 0 Å². The van der Waals surface area contributed by atoms with Gasteiger partial charge in [0.05, 0.1) is 12.0 Å². The zero-order valence-electron chi connectivity index (χ0n) is 23.7. The largest absolute Gasteiger partial charge is 0.396 e. The summed E-state index contributed by atoms with van der Waals surface area (Å²) >= 11 is 0. The molecule has 0 aliphatic rings. The SMILES string of the molecule is NC(=O)c1ccc2cc(C[C@](O)(CCO)c3cn(C(c4ccccc4)(c4ccccc4)c4ccccc4)cn3)ccc2c1. The Morgan fingerprint density at radius 1 is 0.744 bits per heavy atom. The van der Waals surface area contributed by atoms with Crippen LogP contribution in [-0.4, -0.2) is 32.3 Å². The first kappa shape index (κ1) is 28.1. The summed E-state index contributed by atoms with van der Waals surface area (Å²) in [4.78, 5) is 16.4. The number of rotatable bonds is 10. The Hall–Kier alpha value is -5.04. The zero-order chi connectivity index (χ0) is 29.9. The molecular formula is C37H33N3O3. The molecule has 0 saturated heterocycles. The molecule has 0 fully saturated rings. The molecule has 6 nitrogen and oxygen atoms in total. The van der Waals surface area contributed by atoms with Crippen LogP contribution in [0.4, 0.5) is 0 Å². The van der Waals surface area contributed by atoms with Gasteiger partial charge in [-0.3, -0.25) is 4.79 Å².